The molecule has 0 atom stereocenters. The molecule has 0 radical (unpaired) electrons. The lowest BCUT2D eigenvalue weighted by Crippen LogP contribution is -2.39. The van der Waals surface area contributed by atoms with Crippen LogP contribution < -0.4 is 4.31 Å². The van der Waals surface area contributed by atoms with Gasteiger partial charge in [-0.2, -0.15) is 0 Å². The van der Waals surface area contributed by atoms with Crippen LogP contribution in [-0.2, 0) is 20.2 Å². The van der Waals surface area contributed by atoms with E-state index in [2.05, 4.69) is 0 Å². The first-order valence-electron chi connectivity index (χ1n) is 10.3. The summed E-state index contributed by atoms with van der Waals surface area (Å²) in [6.45, 7) is 1.92. The average Bonchev–Trinajstić information content (AvgIpc) is 3.10. The van der Waals surface area contributed by atoms with Crippen LogP contribution in [0.2, 0.25) is 0 Å². The number of carbonyl (C=O) groups is 1. The van der Waals surface area contributed by atoms with E-state index in [4.69, 9.17) is 0 Å². The molecule has 0 fully saturated rings. The number of allylic oxidation sites excluding steroid dienone is 3. The fourth-order valence-electron chi connectivity index (χ4n) is 4.31. The number of hydrogen-bond donors (Lipinski definition) is 0. The van der Waals surface area contributed by atoms with E-state index in [1.54, 1.807) is 48.6 Å². The molecule has 0 amide bonds. The van der Waals surface area contributed by atoms with Crippen molar-refractivity contribution in [2.75, 3.05) is 4.31 Å². The number of ketones is 1. The summed E-state index contributed by atoms with van der Waals surface area (Å²) in [6.07, 6.45) is 8.52. The van der Waals surface area contributed by atoms with Gasteiger partial charge >= 0.3 is 0 Å². The number of carbonyl (C=O) groups excluding carboxylic acids is 1. The smallest absolute Gasteiger partial charge is 0.268 e. The summed E-state index contributed by atoms with van der Waals surface area (Å²) in [6, 6.07) is 23.7. The van der Waals surface area contributed by atoms with Gasteiger partial charge in [-0.1, -0.05) is 72.3 Å². The van der Waals surface area contributed by atoms with Crippen LogP contribution in [0.1, 0.15) is 16.7 Å². The van der Waals surface area contributed by atoms with E-state index < -0.39 is 15.4 Å². The van der Waals surface area contributed by atoms with E-state index in [9.17, 15) is 13.2 Å². The minimum Gasteiger partial charge on any atom is -0.290 e. The number of sulfonamides is 1. The van der Waals surface area contributed by atoms with E-state index >= 15 is 0 Å². The predicted octanol–water partition coefficient (Wildman–Crippen LogP) is 5.18. The van der Waals surface area contributed by atoms with Gasteiger partial charge in [-0.25, -0.2) is 12.7 Å². The lowest BCUT2D eigenvalue weighted by molar-refractivity contribution is -0.110. The maximum absolute atomic E-state index is 14.0. The molecule has 32 heavy (non-hydrogen) atoms. The number of fused-ring (bicyclic) bond motifs is 2. The second-order valence-corrected chi connectivity index (χ2v) is 9.76. The van der Waals surface area contributed by atoms with Crippen molar-refractivity contribution in [2.24, 2.45) is 0 Å². The van der Waals surface area contributed by atoms with Crippen molar-refractivity contribution in [3.63, 3.8) is 0 Å². The van der Waals surface area contributed by atoms with Gasteiger partial charge in [0.05, 0.1) is 21.7 Å². The molecule has 0 aromatic heterocycles. The molecule has 0 heterocycles. The summed E-state index contributed by atoms with van der Waals surface area (Å²) >= 11 is 0. The van der Waals surface area contributed by atoms with Crippen LogP contribution in [0.4, 0.5) is 5.69 Å². The van der Waals surface area contributed by atoms with Gasteiger partial charge < -0.3 is 0 Å². The molecule has 0 N–H and O–H groups in total. The fraction of sp³-hybridized carbons (Fsp3) is 0.0741. The topological polar surface area (TPSA) is 54.5 Å². The highest BCUT2D eigenvalue weighted by atomic mass is 32.2. The molecule has 4 nitrogen and oxygen atoms in total. The second kappa shape index (κ2) is 7.46. The van der Waals surface area contributed by atoms with Crippen LogP contribution >= 0.6 is 0 Å². The minimum atomic E-state index is -3.95. The number of aryl methyl sites for hydroxylation is 1. The lowest BCUT2D eigenvalue weighted by Gasteiger charge is -2.36. The van der Waals surface area contributed by atoms with Crippen molar-refractivity contribution in [3.8, 4) is 0 Å². The lowest BCUT2D eigenvalue weighted by atomic mass is 9.77. The van der Waals surface area contributed by atoms with Crippen LogP contribution in [0.5, 0.6) is 0 Å². The summed E-state index contributed by atoms with van der Waals surface area (Å²) in [7, 11) is -3.95. The van der Waals surface area contributed by atoms with E-state index in [0.717, 1.165) is 16.7 Å². The van der Waals surface area contributed by atoms with Gasteiger partial charge in [0.15, 0.2) is 5.78 Å². The maximum Gasteiger partial charge on any atom is 0.268 e. The maximum atomic E-state index is 14.0. The molecule has 1 spiro atoms. The van der Waals surface area contributed by atoms with Gasteiger partial charge in [-0.3, -0.25) is 4.79 Å². The van der Waals surface area contributed by atoms with Gasteiger partial charge in [0.1, 0.15) is 0 Å². The monoisotopic (exact) mass is 439 g/mol. The summed E-state index contributed by atoms with van der Waals surface area (Å²) in [5.41, 5.74) is 3.07. The fourth-order valence-corrected chi connectivity index (χ4v) is 5.86. The van der Waals surface area contributed by atoms with Gasteiger partial charge in [-0.15, -0.1) is 0 Å². The van der Waals surface area contributed by atoms with Gasteiger partial charge in [0.2, 0.25) is 0 Å². The van der Waals surface area contributed by atoms with Crippen molar-refractivity contribution in [3.05, 3.63) is 126 Å². The Bertz CT molecular complexity index is 1380. The largest absolute Gasteiger partial charge is 0.290 e. The zero-order valence-corrected chi connectivity index (χ0v) is 18.3. The number of para-hydroxylation sites is 1. The van der Waals surface area contributed by atoms with E-state index in [1.807, 2.05) is 55.5 Å². The SMILES string of the molecule is Cc1ccc(S(=O)(=O)N(C2=Cc3ccccc3C23C=CC(=O)C=C3)c2ccccc2)cc1. The number of anilines is 1. The standard InChI is InChI=1S/C27H21NO3S/c1-20-11-13-24(14-12-20)32(30,31)28(22-8-3-2-4-9-22)26-19-21-7-5-6-10-25(21)27(26)17-15-23(29)16-18-27/h2-19H,1H3. The Kier molecular flexibility index (Phi) is 4.72. The number of nitrogens with zero attached hydrogens (tertiary/aromatic N) is 1. The Labute approximate surface area is 187 Å². The molecular formula is C27H21NO3S. The molecule has 0 unspecified atom stereocenters. The van der Waals surface area contributed by atoms with Crippen molar-refractivity contribution in [2.45, 2.75) is 17.2 Å². The van der Waals surface area contributed by atoms with E-state index in [-0.39, 0.29) is 10.7 Å². The molecule has 5 rings (SSSR count). The molecule has 5 heteroatoms. The summed E-state index contributed by atoms with van der Waals surface area (Å²) < 4.78 is 29.5. The molecule has 2 aliphatic rings. The predicted molar refractivity (Wildman–Crippen MR) is 127 cm³/mol. The van der Waals surface area contributed by atoms with Crippen molar-refractivity contribution in [1.82, 2.24) is 0 Å². The van der Waals surface area contributed by atoms with Crippen molar-refractivity contribution < 1.29 is 13.2 Å². The van der Waals surface area contributed by atoms with Gasteiger partial charge in [-0.05, 0) is 60.5 Å². The minimum absolute atomic E-state index is 0.119. The highest BCUT2D eigenvalue weighted by Gasteiger charge is 2.45. The molecule has 0 aliphatic heterocycles. The highest BCUT2D eigenvalue weighted by molar-refractivity contribution is 7.93. The molecule has 0 saturated carbocycles. The normalized spacial score (nSPS) is 16.2. The number of hydrogen-bond acceptors (Lipinski definition) is 3. The zero-order valence-electron chi connectivity index (χ0n) is 17.5. The third-order valence-corrected chi connectivity index (χ3v) is 7.67. The molecule has 3 aromatic rings. The van der Waals surface area contributed by atoms with Crippen LogP contribution in [0.15, 0.2) is 114 Å². The quantitative estimate of drug-likeness (QED) is 0.563. The summed E-state index contributed by atoms with van der Waals surface area (Å²) in [4.78, 5) is 12.2. The molecule has 3 aromatic carbocycles. The van der Waals surface area contributed by atoms with Gasteiger partial charge in [0, 0.05) is 0 Å². The van der Waals surface area contributed by atoms with E-state index in [1.165, 1.54) is 16.5 Å². The zero-order chi connectivity index (χ0) is 22.3. The number of rotatable bonds is 4. The first-order chi connectivity index (χ1) is 15.4. The average molecular weight is 440 g/mol. The Balaban J connectivity index is 1.77. The highest BCUT2D eigenvalue weighted by Crippen LogP contribution is 2.49. The van der Waals surface area contributed by atoms with Crippen LogP contribution in [0.25, 0.3) is 6.08 Å². The summed E-state index contributed by atoms with van der Waals surface area (Å²) in [5.74, 6) is -0.119. The third kappa shape index (κ3) is 3.13. The second-order valence-electron chi connectivity index (χ2n) is 7.97. The van der Waals surface area contributed by atoms with E-state index in [0.29, 0.717) is 11.4 Å². The molecular weight excluding hydrogens is 418 g/mol. The van der Waals surface area contributed by atoms with Crippen LogP contribution in [0.3, 0.4) is 0 Å². The van der Waals surface area contributed by atoms with Gasteiger partial charge in [0.25, 0.3) is 10.0 Å². The molecule has 158 valence electrons. The van der Waals surface area contributed by atoms with Crippen LogP contribution in [0, 0.1) is 6.92 Å². The Morgan fingerprint density at radius 2 is 1.41 bits per heavy atom. The van der Waals surface area contributed by atoms with Crippen molar-refractivity contribution in [1.29, 1.82) is 0 Å². The Morgan fingerprint density at radius 3 is 2.09 bits per heavy atom. The first-order valence-corrected chi connectivity index (χ1v) is 11.8. The first kappa shape index (κ1) is 20.2. The molecule has 0 bridgehead atoms. The summed E-state index contributed by atoms with van der Waals surface area (Å²) in [5, 5.41) is 0. The van der Waals surface area contributed by atoms with Crippen LogP contribution in [-0.4, -0.2) is 14.2 Å². The molecule has 0 saturated heterocycles. The van der Waals surface area contributed by atoms with Crippen molar-refractivity contribution >= 4 is 27.6 Å². The molecule has 2 aliphatic carbocycles. The third-order valence-electron chi connectivity index (χ3n) is 5.91. The Morgan fingerprint density at radius 1 is 0.781 bits per heavy atom. The number of benzene rings is 3. The Hall–Kier alpha value is -3.70.